The zero-order valence-corrected chi connectivity index (χ0v) is 16.1. The minimum atomic E-state index is -0.0511. The van der Waals surface area contributed by atoms with E-state index >= 15 is 0 Å². The van der Waals surface area contributed by atoms with Crippen molar-refractivity contribution in [3.63, 3.8) is 0 Å². The minimum Gasteiger partial charge on any atom is -0.275 e. The second kappa shape index (κ2) is 6.43. The second-order valence-corrected chi connectivity index (χ2v) is 8.10. The highest BCUT2D eigenvalue weighted by Crippen LogP contribution is 2.49. The summed E-state index contributed by atoms with van der Waals surface area (Å²) >= 11 is 10.1. The quantitative estimate of drug-likeness (QED) is 0.390. The topological polar surface area (TPSA) is 20.3 Å². The Morgan fingerprint density at radius 1 is 0.917 bits per heavy atom. The summed E-state index contributed by atoms with van der Waals surface area (Å²) in [6, 6.07) is 21.2. The molecule has 0 atom stereocenters. The molecule has 0 aliphatic carbocycles. The van der Waals surface area contributed by atoms with E-state index in [1.54, 1.807) is 16.7 Å². The van der Waals surface area contributed by atoms with Crippen LogP contribution in [0.25, 0.3) is 0 Å². The van der Waals surface area contributed by atoms with Crippen LogP contribution >= 0.6 is 46.0 Å². The molecule has 0 unspecified atom stereocenters. The van der Waals surface area contributed by atoms with E-state index in [2.05, 4.69) is 22.6 Å². The van der Waals surface area contributed by atoms with Crippen molar-refractivity contribution in [3.8, 4) is 0 Å². The fourth-order valence-electron chi connectivity index (χ4n) is 2.70. The van der Waals surface area contributed by atoms with Gasteiger partial charge in [-0.2, -0.15) is 0 Å². The van der Waals surface area contributed by atoms with Crippen LogP contribution in [-0.2, 0) is 0 Å². The van der Waals surface area contributed by atoms with Gasteiger partial charge in [-0.3, -0.25) is 9.69 Å². The predicted octanol–water partition coefficient (Wildman–Crippen LogP) is 6.39. The smallest absolute Gasteiger partial charge is 0.262 e. The molecule has 4 rings (SSSR count). The molecule has 0 spiro atoms. The molecule has 2 nitrogen and oxygen atoms in total. The molecule has 0 aromatic heterocycles. The largest absolute Gasteiger partial charge is 0.275 e. The van der Waals surface area contributed by atoms with E-state index in [1.807, 2.05) is 66.7 Å². The number of anilines is 2. The molecule has 118 valence electrons. The Morgan fingerprint density at radius 3 is 2.54 bits per heavy atom. The number of fused-ring (bicyclic) bond motifs is 2. The van der Waals surface area contributed by atoms with Crippen molar-refractivity contribution in [3.05, 3.63) is 80.9 Å². The maximum Gasteiger partial charge on any atom is 0.262 e. The van der Waals surface area contributed by atoms with Crippen LogP contribution in [0.3, 0.4) is 0 Å². The van der Waals surface area contributed by atoms with Gasteiger partial charge in [-0.15, -0.1) is 0 Å². The van der Waals surface area contributed by atoms with Crippen molar-refractivity contribution in [2.24, 2.45) is 0 Å². The second-order valence-electron chi connectivity index (χ2n) is 5.33. The third kappa shape index (κ3) is 2.83. The zero-order chi connectivity index (χ0) is 16.7. The molecule has 24 heavy (non-hydrogen) atoms. The van der Waals surface area contributed by atoms with Crippen LogP contribution in [0.1, 0.15) is 10.4 Å². The van der Waals surface area contributed by atoms with Crippen LogP contribution in [0.2, 0.25) is 5.02 Å². The molecule has 0 bridgehead atoms. The monoisotopic (exact) mass is 463 g/mol. The molecule has 1 aliphatic rings. The highest BCUT2D eigenvalue weighted by Gasteiger charge is 2.29. The first-order valence-electron chi connectivity index (χ1n) is 7.30. The molecule has 3 aromatic rings. The lowest BCUT2D eigenvalue weighted by Crippen LogP contribution is -2.28. The Morgan fingerprint density at radius 2 is 1.71 bits per heavy atom. The summed E-state index contributed by atoms with van der Waals surface area (Å²) in [5.74, 6) is -0.0511. The average Bonchev–Trinajstić information content (AvgIpc) is 2.59. The first-order valence-corrected chi connectivity index (χ1v) is 9.57. The van der Waals surface area contributed by atoms with Crippen molar-refractivity contribution in [1.82, 2.24) is 0 Å². The van der Waals surface area contributed by atoms with Crippen LogP contribution in [0.4, 0.5) is 11.4 Å². The Bertz CT molecular complexity index is 960. The number of para-hydroxylation sites is 1. The van der Waals surface area contributed by atoms with Gasteiger partial charge in [0.05, 0.1) is 11.4 Å². The Labute approximate surface area is 163 Å². The summed E-state index contributed by atoms with van der Waals surface area (Å²) in [6.07, 6.45) is 0. The number of hydrogen-bond acceptors (Lipinski definition) is 2. The summed E-state index contributed by atoms with van der Waals surface area (Å²) in [4.78, 5) is 17.1. The molecule has 3 aromatic carbocycles. The molecule has 0 radical (unpaired) electrons. The summed E-state index contributed by atoms with van der Waals surface area (Å²) < 4.78 is 1.03. The van der Waals surface area contributed by atoms with Crippen LogP contribution in [0.15, 0.2) is 76.5 Å². The number of rotatable bonds is 1. The van der Waals surface area contributed by atoms with Crippen LogP contribution in [-0.4, -0.2) is 5.91 Å². The number of halogens is 2. The van der Waals surface area contributed by atoms with Crippen molar-refractivity contribution >= 4 is 63.2 Å². The molecule has 1 amide bonds. The molecule has 0 saturated heterocycles. The van der Waals surface area contributed by atoms with Gasteiger partial charge in [-0.05, 0) is 71.1 Å². The highest BCUT2D eigenvalue weighted by atomic mass is 127. The molecule has 1 aliphatic heterocycles. The fourth-order valence-corrected chi connectivity index (χ4v) is 4.45. The van der Waals surface area contributed by atoms with Gasteiger partial charge >= 0.3 is 0 Å². The molecule has 0 saturated carbocycles. The Kier molecular flexibility index (Phi) is 4.28. The van der Waals surface area contributed by atoms with Crippen molar-refractivity contribution < 1.29 is 4.79 Å². The third-order valence-corrected chi connectivity index (χ3v) is 5.80. The van der Waals surface area contributed by atoms with Gasteiger partial charge in [0.25, 0.3) is 5.91 Å². The van der Waals surface area contributed by atoms with E-state index < -0.39 is 0 Å². The van der Waals surface area contributed by atoms with Crippen LogP contribution < -0.4 is 4.90 Å². The molecule has 0 fully saturated rings. The lowest BCUT2D eigenvalue weighted by Gasteiger charge is -2.31. The van der Waals surface area contributed by atoms with E-state index in [0.717, 1.165) is 24.7 Å². The number of carbonyl (C=O) groups excluding carboxylic acids is 1. The van der Waals surface area contributed by atoms with Crippen LogP contribution in [0, 0.1) is 3.57 Å². The molecule has 0 N–H and O–H groups in total. The number of benzene rings is 3. The first kappa shape index (κ1) is 16.0. The summed E-state index contributed by atoms with van der Waals surface area (Å²) in [6.45, 7) is 0. The van der Waals surface area contributed by atoms with Gasteiger partial charge in [-0.25, -0.2) is 0 Å². The maximum atomic E-state index is 13.3. The van der Waals surface area contributed by atoms with Crippen molar-refractivity contribution in [2.75, 3.05) is 4.90 Å². The lowest BCUT2D eigenvalue weighted by molar-refractivity contribution is 0.0998. The summed E-state index contributed by atoms with van der Waals surface area (Å²) in [7, 11) is 0. The van der Waals surface area contributed by atoms with E-state index in [1.165, 1.54) is 0 Å². The molecule has 5 heteroatoms. The van der Waals surface area contributed by atoms with E-state index in [-0.39, 0.29) is 5.91 Å². The standard InChI is InChI=1S/C19H11ClINOS/c20-13-8-9-18-16(11-13)22(15-6-1-2-7-17(15)24-18)19(23)12-4-3-5-14(21)10-12/h1-11H. The van der Waals surface area contributed by atoms with Gasteiger partial charge in [0, 0.05) is 23.9 Å². The normalized spacial score (nSPS) is 12.5. The predicted molar refractivity (Wildman–Crippen MR) is 108 cm³/mol. The number of amides is 1. The van der Waals surface area contributed by atoms with E-state index in [0.29, 0.717) is 10.6 Å². The van der Waals surface area contributed by atoms with Gasteiger partial charge in [0.1, 0.15) is 0 Å². The molecular formula is C19H11ClINOS. The first-order chi connectivity index (χ1) is 11.6. The maximum absolute atomic E-state index is 13.3. The fraction of sp³-hybridized carbons (Fsp3) is 0. The Balaban J connectivity index is 1.91. The van der Waals surface area contributed by atoms with Crippen LogP contribution in [0.5, 0.6) is 0 Å². The number of hydrogen-bond donors (Lipinski definition) is 0. The lowest BCUT2D eigenvalue weighted by atomic mass is 10.1. The zero-order valence-electron chi connectivity index (χ0n) is 12.4. The molecule has 1 heterocycles. The van der Waals surface area contributed by atoms with Gasteiger partial charge < -0.3 is 0 Å². The number of nitrogens with zero attached hydrogens (tertiary/aromatic N) is 1. The third-order valence-electron chi connectivity index (χ3n) is 3.76. The summed E-state index contributed by atoms with van der Waals surface area (Å²) in [5.41, 5.74) is 2.38. The van der Waals surface area contributed by atoms with E-state index in [9.17, 15) is 4.79 Å². The SMILES string of the molecule is O=C(c1cccc(I)c1)N1c2ccccc2Sc2ccc(Cl)cc21. The Hall–Kier alpha value is -1.50. The minimum absolute atomic E-state index is 0.0511. The highest BCUT2D eigenvalue weighted by molar-refractivity contribution is 14.1. The van der Waals surface area contributed by atoms with Gasteiger partial charge in [0.2, 0.25) is 0 Å². The van der Waals surface area contributed by atoms with Crippen molar-refractivity contribution in [1.29, 1.82) is 0 Å². The van der Waals surface area contributed by atoms with Crippen molar-refractivity contribution in [2.45, 2.75) is 9.79 Å². The summed E-state index contributed by atoms with van der Waals surface area (Å²) in [5, 5.41) is 0.620. The van der Waals surface area contributed by atoms with Gasteiger partial charge in [-0.1, -0.05) is 41.6 Å². The number of carbonyl (C=O) groups is 1. The van der Waals surface area contributed by atoms with E-state index in [4.69, 9.17) is 11.6 Å². The average molecular weight is 464 g/mol. The van der Waals surface area contributed by atoms with Gasteiger partial charge in [0.15, 0.2) is 0 Å². The molecular weight excluding hydrogens is 453 g/mol.